The van der Waals surface area contributed by atoms with Crippen LogP contribution in [0.3, 0.4) is 0 Å². The number of rotatable bonds is 3. The zero-order valence-corrected chi connectivity index (χ0v) is 10.8. The fourth-order valence-electron chi connectivity index (χ4n) is 1.58. The maximum Gasteiger partial charge on any atom is 0.150 e. The molecule has 18 heavy (non-hydrogen) atoms. The molecule has 2 rings (SSSR count). The molecule has 0 aliphatic rings. The molecule has 2 nitrogen and oxygen atoms in total. The van der Waals surface area contributed by atoms with E-state index in [4.69, 9.17) is 23.2 Å². The first kappa shape index (κ1) is 12.8. The van der Waals surface area contributed by atoms with Gasteiger partial charge in [0.05, 0.1) is 10.0 Å². The van der Waals surface area contributed by atoms with Gasteiger partial charge in [0, 0.05) is 23.5 Å². The highest BCUT2D eigenvalue weighted by molar-refractivity contribution is 6.39. The smallest absolute Gasteiger partial charge is 0.150 e. The van der Waals surface area contributed by atoms with Crippen LogP contribution in [-0.4, -0.2) is 11.3 Å². The van der Waals surface area contributed by atoms with E-state index in [1.54, 1.807) is 42.7 Å². The number of hydrogen-bond donors (Lipinski definition) is 0. The summed E-state index contributed by atoms with van der Waals surface area (Å²) in [5, 5.41) is 0.898. The summed E-state index contributed by atoms with van der Waals surface area (Å²) >= 11 is 12.1. The molecule has 1 aromatic heterocycles. The predicted octanol–water partition coefficient (Wildman–Crippen LogP) is 4.13. The molecule has 0 saturated carbocycles. The normalized spacial score (nSPS) is 11.3. The Morgan fingerprint density at radius 2 is 1.83 bits per heavy atom. The van der Waals surface area contributed by atoms with Crippen LogP contribution in [-0.2, 0) is 4.79 Å². The van der Waals surface area contributed by atoms with Gasteiger partial charge in [-0.1, -0.05) is 35.3 Å². The van der Waals surface area contributed by atoms with Gasteiger partial charge in [-0.3, -0.25) is 9.78 Å². The van der Waals surface area contributed by atoms with Crippen LogP contribution >= 0.6 is 23.2 Å². The molecule has 0 atom stereocenters. The summed E-state index contributed by atoms with van der Waals surface area (Å²) in [5.41, 5.74) is 1.79. The summed E-state index contributed by atoms with van der Waals surface area (Å²) in [6.45, 7) is 0. The van der Waals surface area contributed by atoms with Gasteiger partial charge in [-0.15, -0.1) is 0 Å². The molecule has 0 radical (unpaired) electrons. The highest BCUT2D eigenvalue weighted by Gasteiger charge is 2.10. The summed E-state index contributed by atoms with van der Waals surface area (Å²) in [7, 11) is 0. The topological polar surface area (TPSA) is 30.0 Å². The van der Waals surface area contributed by atoms with Crippen molar-refractivity contribution < 1.29 is 4.79 Å². The maximum absolute atomic E-state index is 11.2. The van der Waals surface area contributed by atoms with Gasteiger partial charge in [0.15, 0.2) is 6.29 Å². The fourth-order valence-corrected chi connectivity index (χ4v) is 2.20. The van der Waals surface area contributed by atoms with Crippen LogP contribution < -0.4 is 0 Å². The van der Waals surface area contributed by atoms with E-state index in [-0.39, 0.29) is 0 Å². The van der Waals surface area contributed by atoms with E-state index < -0.39 is 0 Å². The number of aldehydes is 1. The molecule has 2 aromatic rings. The minimum absolute atomic E-state index is 0.429. The van der Waals surface area contributed by atoms with Crippen molar-refractivity contribution in [2.75, 3.05) is 0 Å². The molecule has 0 N–H and O–H groups in total. The second kappa shape index (κ2) is 5.80. The van der Waals surface area contributed by atoms with Crippen molar-refractivity contribution in [2.45, 2.75) is 0 Å². The fraction of sp³-hybridized carbons (Fsp3) is 0. The van der Waals surface area contributed by atoms with Crippen LogP contribution in [0.25, 0.3) is 11.6 Å². The second-order valence-electron chi connectivity index (χ2n) is 3.60. The van der Waals surface area contributed by atoms with Gasteiger partial charge in [0.2, 0.25) is 0 Å². The van der Waals surface area contributed by atoms with Crippen molar-refractivity contribution >= 4 is 41.1 Å². The first-order valence-corrected chi connectivity index (χ1v) is 5.99. The lowest BCUT2D eigenvalue weighted by Gasteiger charge is -2.06. The number of nitrogens with zero attached hydrogens (tertiary/aromatic N) is 1. The van der Waals surface area contributed by atoms with E-state index in [1.807, 2.05) is 6.07 Å². The summed E-state index contributed by atoms with van der Waals surface area (Å²) < 4.78 is 0. The van der Waals surface area contributed by atoms with Gasteiger partial charge in [-0.25, -0.2) is 0 Å². The molecule has 0 aliphatic carbocycles. The summed E-state index contributed by atoms with van der Waals surface area (Å²) in [6, 6.07) is 8.77. The summed E-state index contributed by atoms with van der Waals surface area (Å²) in [5.74, 6) is 0. The lowest BCUT2D eigenvalue weighted by atomic mass is 10.0. The van der Waals surface area contributed by atoms with Gasteiger partial charge in [0.25, 0.3) is 0 Å². The first-order chi connectivity index (χ1) is 8.72. The third kappa shape index (κ3) is 2.78. The molecule has 0 saturated heterocycles. The first-order valence-electron chi connectivity index (χ1n) is 5.23. The molecule has 0 aliphatic heterocycles. The van der Waals surface area contributed by atoms with Gasteiger partial charge < -0.3 is 0 Å². The third-order valence-corrected chi connectivity index (χ3v) is 3.01. The van der Waals surface area contributed by atoms with Crippen LogP contribution in [0.4, 0.5) is 0 Å². The molecule has 1 heterocycles. The number of halogens is 2. The second-order valence-corrected chi connectivity index (χ2v) is 4.41. The Morgan fingerprint density at radius 3 is 2.39 bits per heavy atom. The van der Waals surface area contributed by atoms with Crippen molar-refractivity contribution in [3.8, 4) is 0 Å². The van der Waals surface area contributed by atoms with E-state index in [0.29, 0.717) is 21.2 Å². The van der Waals surface area contributed by atoms with Crippen LogP contribution in [0.5, 0.6) is 0 Å². The number of aromatic nitrogens is 1. The summed E-state index contributed by atoms with van der Waals surface area (Å²) in [6.07, 6.45) is 5.77. The molecule has 90 valence electrons. The zero-order chi connectivity index (χ0) is 13.0. The molecule has 0 amide bonds. The Labute approximate surface area is 115 Å². The highest BCUT2D eigenvalue weighted by Crippen LogP contribution is 2.31. The van der Waals surface area contributed by atoms with Crippen molar-refractivity contribution in [3.63, 3.8) is 0 Å². The van der Waals surface area contributed by atoms with Crippen molar-refractivity contribution in [1.29, 1.82) is 0 Å². The Bertz CT molecular complexity index is 574. The van der Waals surface area contributed by atoms with E-state index >= 15 is 0 Å². The number of allylic oxidation sites excluding steroid dienone is 1. The third-order valence-electron chi connectivity index (χ3n) is 2.38. The van der Waals surface area contributed by atoms with Gasteiger partial charge in [-0.2, -0.15) is 0 Å². The molecule has 1 aromatic carbocycles. The highest BCUT2D eigenvalue weighted by atomic mass is 35.5. The average Bonchev–Trinajstić information content (AvgIpc) is 2.38. The minimum Gasteiger partial charge on any atom is -0.298 e. The molecular formula is C14H9Cl2NO. The van der Waals surface area contributed by atoms with Crippen LogP contribution in [0.15, 0.2) is 42.7 Å². The summed E-state index contributed by atoms with van der Waals surface area (Å²) in [4.78, 5) is 15.2. The minimum atomic E-state index is 0.429. The van der Waals surface area contributed by atoms with E-state index in [0.717, 1.165) is 11.8 Å². The molecule has 4 heteroatoms. The molecule has 0 unspecified atom stereocenters. The predicted molar refractivity (Wildman–Crippen MR) is 74.6 cm³/mol. The quantitative estimate of drug-likeness (QED) is 0.624. The van der Waals surface area contributed by atoms with Crippen molar-refractivity contribution in [1.82, 2.24) is 4.98 Å². The number of hydrogen-bond acceptors (Lipinski definition) is 2. The van der Waals surface area contributed by atoms with Gasteiger partial charge >= 0.3 is 0 Å². The average molecular weight is 278 g/mol. The molecule has 0 spiro atoms. The molecular weight excluding hydrogens is 269 g/mol. The van der Waals surface area contributed by atoms with Gasteiger partial charge in [0.1, 0.15) is 0 Å². The Hall–Kier alpha value is -1.64. The Kier molecular flexibility index (Phi) is 4.13. The van der Waals surface area contributed by atoms with Crippen LogP contribution in [0.2, 0.25) is 10.0 Å². The number of pyridine rings is 1. The monoisotopic (exact) mass is 277 g/mol. The largest absolute Gasteiger partial charge is 0.298 e. The van der Waals surface area contributed by atoms with Crippen LogP contribution in [0.1, 0.15) is 11.1 Å². The standard InChI is InChI=1S/C14H9Cl2NO/c15-12-4-1-5-13(16)14(12)11(9-18)7-10-3-2-6-17-8-10/h1-9H/b11-7+. The van der Waals surface area contributed by atoms with Crippen molar-refractivity contribution in [3.05, 3.63) is 63.9 Å². The maximum atomic E-state index is 11.2. The van der Waals surface area contributed by atoms with E-state index in [1.165, 1.54) is 0 Å². The van der Waals surface area contributed by atoms with Gasteiger partial charge in [-0.05, 0) is 29.8 Å². The Morgan fingerprint density at radius 1 is 1.11 bits per heavy atom. The SMILES string of the molecule is O=C/C(=C\c1cccnc1)c1c(Cl)cccc1Cl. The number of benzene rings is 1. The van der Waals surface area contributed by atoms with Crippen LogP contribution in [0, 0.1) is 0 Å². The lowest BCUT2D eigenvalue weighted by molar-refractivity contribution is -0.103. The molecule has 0 bridgehead atoms. The molecule has 0 fully saturated rings. The lowest BCUT2D eigenvalue weighted by Crippen LogP contribution is -1.89. The zero-order valence-electron chi connectivity index (χ0n) is 9.31. The van der Waals surface area contributed by atoms with E-state index in [9.17, 15) is 4.79 Å². The number of carbonyl (C=O) groups is 1. The Balaban J connectivity index is 2.53. The van der Waals surface area contributed by atoms with E-state index in [2.05, 4.69) is 4.98 Å². The number of carbonyl (C=O) groups excluding carboxylic acids is 1. The van der Waals surface area contributed by atoms with Crippen molar-refractivity contribution in [2.24, 2.45) is 0 Å².